The Morgan fingerprint density at radius 1 is 1.24 bits per heavy atom. The van der Waals surface area contributed by atoms with Crippen molar-refractivity contribution in [3.05, 3.63) is 29.1 Å². The number of hydrogen-bond acceptors (Lipinski definition) is 2. The molecule has 2 fully saturated rings. The topological polar surface area (TPSA) is 15.3 Å². The van der Waals surface area contributed by atoms with Gasteiger partial charge in [0, 0.05) is 24.3 Å². The van der Waals surface area contributed by atoms with E-state index in [4.69, 9.17) is 0 Å². The van der Waals surface area contributed by atoms with Crippen molar-refractivity contribution < 1.29 is 4.39 Å². The fraction of sp³-hybridized carbons (Fsp3) is 0.667. The summed E-state index contributed by atoms with van der Waals surface area (Å²) in [4.78, 5) is 2.58. The Morgan fingerprint density at radius 3 is 2.76 bits per heavy atom. The van der Waals surface area contributed by atoms with Crippen molar-refractivity contribution >= 4 is 5.69 Å². The van der Waals surface area contributed by atoms with Crippen LogP contribution in [0.3, 0.4) is 0 Å². The Balaban J connectivity index is 2.01. The fourth-order valence-electron chi connectivity index (χ4n) is 4.19. The molecular weight excluding hydrogens is 263 g/mol. The molecule has 1 aliphatic carbocycles. The van der Waals surface area contributed by atoms with Gasteiger partial charge in [-0.15, -0.1) is 0 Å². The lowest BCUT2D eigenvalue weighted by atomic mass is 9.90. The van der Waals surface area contributed by atoms with Crippen LogP contribution in [-0.4, -0.2) is 19.6 Å². The summed E-state index contributed by atoms with van der Waals surface area (Å²) in [5, 5.41) is 3.27. The maximum absolute atomic E-state index is 14.0. The minimum absolute atomic E-state index is 0.0872. The standard InChI is InChI=1S/C18H27FN2/c1-12-10-18(15(11-16(12)19)13(2)20-3)21-9-5-7-14-6-4-8-17(14)21/h10-11,13-14,17,20H,4-9H2,1-3H3. The summed E-state index contributed by atoms with van der Waals surface area (Å²) in [6.45, 7) is 5.11. The summed E-state index contributed by atoms with van der Waals surface area (Å²) < 4.78 is 14.0. The van der Waals surface area contributed by atoms with Gasteiger partial charge in [0.15, 0.2) is 0 Å². The van der Waals surface area contributed by atoms with Crippen LogP contribution in [0.25, 0.3) is 0 Å². The summed E-state index contributed by atoms with van der Waals surface area (Å²) in [7, 11) is 1.95. The first kappa shape index (κ1) is 14.8. The normalized spacial score (nSPS) is 26.8. The Bertz CT molecular complexity index is 514. The summed E-state index contributed by atoms with van der Waals surface area (Å²) in [5.41, 5.74) is 3.12. The molecule has 3 unspecified atom stereocenters. The number of aryl methyl sites for hydroxylation is 1. The van der Waals surface area contributed by atoms with Crippen molar-refractivity contribution in [2.75, 3.05) is 18.5 Å². The number of halogens is 1. The van der Waals surface area contributed by atoms with Crippen LogP contribution in [0, 0.1) is 18.7 Å². The second kappa shape index (κ2) is 5.96. The highest BCUT2D eigenvalue weighted by atomic mass is 19.1. The zero-order valence-corrected chi connectivity index (χ0v) is 13.5. The number of nitrogens with one attached hydrogen (secondary N) is 1. The van der Waals surface area contributed by atoms with Crippen LogP contribution in [0.15, 0.2) is 12.1 Å². The number of piperidine rings is 1. The molecule has 1 saturated heterocycles. The molecule has 0 radical (unpaired) electrons. The Kier molecular flexibility index (Phi) is 4.21. The largest absolute Gasteiger partial charge is 0.368 e. The van der Waals surface area contributed by atoms with E-state index in [9.17, 15) is 4.39 Å². The number of benzene rings is 1. The van der Waals surface area contributed by atoms with Gasteiger partial charge in [-0.05, 0) is 75.8 Å². The first-order valence-electron chi connectivity index (χ1n) is 8.35. The van der Waals surface area contributed by atoms with E-state index < -0.39 is 0 Å². The van der Waals surface area contributed by atoms with Crippen molar-refractivity contribution in [2.24, 2.45) is 5.92 Å². The summed E-state index contributed by atoms with van der Waals surface area (Å²) >= 11 is 0. The zero-order valence-electron chi connectivity index (χ0n) is 13.5. The molecule has 1 aromatic carbocycles. The fourth-order valence-corrected chi connectivity index (χ4v) is 4.19. The first-order chi connectivity index (χ1) is 10.1. The number of hydrogen-bond donors (Lipinski definition) is 1. The molecule has 3 rings (SSSR count). The quantitative estimate of drug-likeness (QED) is 0.898. The maximum Gasteiger partial charge on any atom is 0.126 e. The Labute approximate surface area is 127 Å². The molecule has 21 heavy (non-hydrogen) atoms. The van der Waals surface area contributed by atoms with E-state index in [0.717, 1.165) is 23.6 Å². The smallest absolute Gasteiger partial charge is 0.126 e. The third-order valence-corrected chi connectivity index (χ3v) is 5.51. The third-order valence-electron chi connectivity index (χ3n) is 5.51. The lowest BCUT2D eigenvalue weighted by molar-refractivity contribution is 0.361. The van der Waals surface area contributed by atoms with E-state index in [0.29, 0.717) is 6.04 Å². The van der Waals surface area contributed by atoms with Crippen molar-refractivity contribution in [2.45, 2.75) is 58.0 Å². The van der Waals surface area contributed by atoms with Crippen LogP contribution in [0.2, 0.25) is 0 Å². The molecule has 2 nitrogen and oxygen atoms in total. The number of anilines is 1. The van der Waals surface area contributed by atoms with Crippen LogP contribution in [0.5, 0.6) is 0 Å². The second-order valence-electron chi connectivity index (χ2n) is 6.76. The first-order valence-corrected chi connectivity index (χ1v) is 8.35. The molecule has 1 aliphatic heterocycles. The molecule has 0 aromatic heterocycles. The van der Waals surface area contributed by atoms with Gasteiger partial charge in [0.2, 0.25) is 0 Å². The van der Waals surface area contributed by atoms with E-state index in [-0.39, 0.29) is 11.9 Å². The minimum atomic E-state index is -0.0872. The van der Waals surface area contributed by atoms with Gasteiger partial charge in [-0.25, -0.2) is 4.39 Å². The molecule has 0 amide bonds. The van der Waals surface area contributed by atoms with Crippen molar-refractivity contribution in [1.82, 2.24) is 5.32 Å². The van der Waals surface area contributed by atoms with Gasteiger partial charge in [0.1, 0.15) is 5.82 Å². The number of rotatable bonds is 3. The van der Waals surface area contributed by atoms with E-state index >= 15 is 0 Å². The van der Waals surface area contributed by atoms with Gasteiger partial charge in [-0.3, -0.25) is 0 Å². The highest BCUT2D eigenvalue weighted by Crippen LogP contribution is 2.41. The van der Waals surface area contributed by atoms with E-state index in [2.05, 4.69) is 23.2 Å². The van der Waals surface area contributed by atoms with E-state index in [1.165, 1.54) is 37.8 Å². The molecule has 116 valence electrons. The van der Waals surface area contributed by atoms with Crippen LogP contribution in [-0.2, 0) is 0 Å². The highest BCUT2D eigenvalue weighted by Gasteiger charge is 2.36. The summed E-state index contributed by atoms with van der Waals surface area (Å²) in [6.07, 6.45) is 6.67. The SMILES string of the molecule is CNC(C)c1cc(F)c(C)cc1N1CCCC2CCCC21. The van der Waals surface area contributed by atoms with Crippen LogP contribution >= 0.6 is 0 Å². The zero-order chi connectivity index (χ0) is 15.0. The van der Waals surface area contributed by atoms with Crippen molar-refractivity contribution in [1.29, 1.82) is 0 Å². The van der Waals surface area contributed by atoms with Gasteiger partial charge in [0.05, 0.1) is 0 Å². The molecule has 0 spiro atoms. The van der Waals surface area contributed by atoms with Crippen molar-refractivity contribution in [3.63, 3.8) is 0 Å². The average molecular weight is 290 g/mol. The monoisotopic (exact) mass is 290 g/mol. The van der Waals surface area contributed by atoms with Crippen LogP contribution in [0.1, 0.15) is 56.2 Å². The molecular formula is C18H27FN2. The minimum Gasteiger partial charge on any atom is -0.368 e. The van der Waals surface area contributed by atoms with Gasteiger partial charge < -0.3 is 10.2 Å². The molecule has 3 heteroatoms. The number of nitrogens with zero attached hydrogens (tertiary/aromatic N) is 1. The Hall–Kier alpha value is -1.09. The van der Waals surface area contributed by atoms with Crippen molar-refractivity contribution in [3.8, 4) is 0 Å². The highest BCUT2D eigenvalue weighted by molar-refractivity contribution is 5.58. The molecule has 1 N–H and O–H groups in total. The lowest BCUT2D eigenvalue weighted by Crippen LogP contribution is -2.43. The van der Waals surface area contributed by atoms with Gasteiger partial charge in [-0.1, -0.05) is 6.42 Å². The van der Waals surface area contributed by atoms with Gasteiger partial charge in [-0.2, -0.15) is 0 Å². The van der Waals surface area contributed by atoms with Gasteiger partial charge >= 0.3 is 0 Å². The molecule has 1 saturated carbocycles. The Morgan fingerprint density at radius 2 is 2.00 bits per heavy atom. The van der Waals surface area contributed by atoms with E-state index in [1.54, 1.807) is 6.07 Å². The van der Waals surface area contributed by atoms with Gasteiger partial charge in [0.25, 0.3) is 0 Å². The molecule has 0 bridgehead atoms. The predicted octanol–water partition coefficient (Wildman–Crippen LogP) is 4.18. The summed E-state index contributed by atoms with van der Waals surface area (Å²) in [6, 6.07) is 4.66. The molecule has 1 heterocycles. The molecule has 3 atom stereocenters. The molecule has 1 aromatic rings. The predicted molar refractivity (Wildman–Crippen MR) is 86.3 cm³/mol. The second-order valence-corrected chi connectivity index (χ2v) is 6.76. The van der Waals surface area contributed by atoms with Crippen LogP contribution < -0.4 is 10.2 Å². The maximum atomic E-state index is 14.0. The summed E-state index contributed by atoms with van der Waals surface area (Å²) in [5.74, 6) is 0.762. The van der Waals surface area contributed by atoms with E-state index in [1.807, 2.05) is 14.0 Å². The van der Waals surface area contributed by atoms with Crippen LogP contribution in [0.4, 0.5) is 10.1 Å². The average Bonchev–Trinajstić information content (AvgIpc) is 2.97. The lowest BCUT2D eigenvalue weighted by Gasteiger charge is -2.41. The molecule has 2 aliphatic rings. The number of fused-ring (bicyclic) bond motifs is 1. The third kappa shape index (κ3) is 2.68.